The molecule has 2 aliphatic heterocycles. The molecular formula is C28H34N2O2. The number of carbonyl (C=O) groups excluding carboxylic acids is 2. The lowest BCUT2D eigenvalue weighted by Gasteiger charge is -2.50. The first-order chi connectivity index (χ1) is 15.5. The Bertz CT molecular complexity index is 986. The molecule has 2 saturated heterocycles. The van der Waals surface area contributed by atoms with E-state index in [1.807, 2.05) is 6.07 Å². The fraction of sp³-hybridized carbons (Fsp3) is 0.500. The molecule has 1 aliphatic carbocycles. The van der Waals surface area contributed by atoms with Crippen LogP contribution in [0.15, 0.2) is 54.6 Å². The third-order valence-corrected chi connectivity index (χ3v) is 8.44. The fourth-order valence-electron chi connectivity index (χ4n) is 6.64. The predicted molar refractivity (Wildman–Crippen MR) is 126 cm³/mol. The Hall–Kier alpha value is -2.62. The number of amides is 2. The van der Waals surface area contributed by atoms with Crippen molar-refractivity contribution in [3.8, 4) is 0 Å². The highest BCUT2D eigenvalue weighted by Gasteiger charge is 2.50. The van der Waals surface area contributed by atoms with Gasteiger partial charge < -0.3 is 10.2 Å². The number of benzene rings is 2. The maximum absolute atomic E-state index is 13.9. The maximum atomic E-state index is 13.9. The van der Waals surface area contributed by atoms with Gasteiger partial charge in [-0.25, -0.2) is 0 Å². The lowest BCUT2D eigenvalue weighted by Crippen LogP contribution is -2.55. The highest BCUT2D eigenvalue weighted by molar-refractivity contribution is 5.89. The maximum Gasteiger partial charge on any atom is 0.233 e. The first-order valence-corrected chi connectivity index (χ1v) is 12.2. The van der Waals surface area contributed by atoms with Crippen molar-refractivity contribution in [3.05, 3.63) is 71.3 Å². The van der Waals surface area contributed by atoms with Crippen LogP contribution in [0.2, 0.25) is 0 Å². The molecule has 0 bridgehead atoms. The van der Waals surface area contributed by atoms with Crippen LogP contribution in [0.5, 0.6) is 0 Å². The van der Waals surface area contributed by atoms with Crippen LogP contribution in [0.3, 0.4) is 0 Å². The molecule has 3 fully saturated rings. The summed E-state index contributed by atoms with van der Waals surface area (Å²) in [6.45, 7) is 4.33. The largest absolute Gasteiger partial charge is 0.355 e. The van der Waals surface area contributed by atoms with Crippen LogP contribution in [-0.4, -0.2) is 36.3 Å². The van der Waals surface area contributed by atoms with E-state index in [9.17, 15) is 9.59 Å². The van der Waals surface area contributed by atoms with Crippen molar-refractivity contribution in [2.24, 2.45) is 5.41 Å². The summed E-state index contributed by atoms with van der Waals surface area (Å²) in [7, 11) is 0. The molecule has 2 aromatic carbocycles. The van der Waals surface area contributed by atoms with Crippen LogP contribution in [0.4, 0.5) is 0 Å². The molecule has 4 heteroatoms. The van der Waals surface area contributed by atoms with E-state index >= 15 is 0 Å². The summed E-state index contributed by atoms with van der Waals surface area (Å²) < 4.78 is 0. The normalized spacial score (nSPS) is 24.3. The molecule has 2 heterocycles. The third kappa shape index (κ3) is 3.64. The molecule has 4 nitrogen and oxygen atoms in total. The quantitative estimate of drug-likeness (QED) is 0.766. The van der Waals surface area contributed by atoms with Crippen molar-refractivity contribution in [2.45, 2.75) is 63.2 Å². The number of hydrogen-bond acceptors (Lipinski definition) is 2. The zero-order chi connectivity index (χ0) is 22.2. The second-order valence-corrected chi connectivity index (χ2v) is 10.3. The Morgan fingerprint density at radius 3 is 2.38 bits per heavy atom. The van der Waals surface area contributed by atoms with Crippen molar-refractivity contribution in [2.75, 3.05) is 19.6 Å². The summed E-state index contributed by atoms with van der Waals surface area (Å²) in [6, 6.07) is 19.1. The molecule has 2 amide bonds. The highest BCUT2D eigenvalue weighted by Crippen LogP contribution is 2.50. The molecule has 32 heavy (non-hydrogen) atoms. The lowest BCUT2D eigenvalue weighted by molar-refractivity contribution is -0.141. The van der Waals surface area contributed by atoms with Crippen LogP contribution in [0.25, 0.3) is 0 Å². The number of aryl methyl sites for hydroxylation is 1. The van der Waals surface area contributed by atoms with Gasteiger partial charge in [0.25, 0.3) is 0 Å². The summed E-state index contributed by atoms with van der Waals surface area (Å²) >= 11 is 0. The van der Waals surface area contributed by atoms with Crippen LogP contribution in [0.1, 0.15) is 67.6 Å². The number of rotatable bonds is 3. The minimum Gasteiger partial charge on any atom is -0.355 e. The van der Waals surface area contributed by atoms with E-state index in [2.05, 4.69) is 65.7 Å². The van der Waals surface area contributed by atoms with Gasteiger partial charge in [0.15, 0.2) is 0 Å². The molecule has 3 aliphatic rings. The number of hydrogen-bond donors (Lipinski definition) is 1. The zero-order valence-corrected chi connectivity index (χ0v) is 19.1. The molecule has 1 spiro atoms. The van der Waals surface area contributed by atoms with Gasteiger partial charge in [0.05, 0.1) is 5.41 Å². The van der Waals surface area contributed by atoms with Gasteiger partial charge in [-0.2, -0.15) is 0 Å². The van der Waals surface area contributed by atoms with Crippen molar-refractivity contribution in [1.29, 1.82) is 0 Å². The van der Waals surface area contributed by atoms with Gasteiger partial charge in [-0.05, 0) is 49.1 Å². The average Bonchev–Trinajstić information content (AvgIpc) is 3.31. The summed E-state index contributed by atoms with van der Waals surface area (Å²) in [5.41, 5.74) is 3.35. The lowest BCUT2D eigenvalue weighted by atomic mass is 9.62. The molecule has 168 valence electrons. The predicted octanol–water partition coefficient (Wildman–Crippen LogP) is 4.72. The van der Waals surface area contributed by atoms with Gasteiger partial charge in [-0.1, -0.05) is 73.0 Å². The van der Waals surface area contributed by atoms with Gasteiger partial charge in [0.1, 0.15) is 0 Å². The first-order valence-electron chi connectivity index (χ1n) is 12.2. The van der Waals surface area contributed by atoms with Crippen LogP contribution < -0.4 is 5.32 Å². The van der Waals surface area contributed by atoms with Crippen molar-refractivity contribution in [3.63, 3.8) is 0 Å². The number of nitrogens with one attached hydrogen (secondary N) is 1. The van der Waals surface area contributed by atoms with Crippen LogP contribution in [0, 0.1) is 12.3 Å². The SMILES string of the molecule is Cc1cccc([C@@H]2CNC(=O)CC23CCN(C(=O)C2(c4ccccc4)CCCC2)CC3)c1. The second kappa shape index (κ2) is 8.38. The number of carbonyl (C=O) groups is 2. The summed E-state index contributed by atoms with van der Waals surface area (Å²) in [5.74, 6) is 0.778. The summed E-state index contributed by atoms with van der Waals surface area (Å²) in [5, 5.41) is 3.11. The highest BCUT2D eigenvalue weighted by atomic mass is 16.2. The first kappa shape index (κ1) is 21.2. The van der Waals surface area contributed by atoms with E-state index in [4.69, 9.17) is 0 Å². The Morgan fingerprint density at radius 2 is 1.69 bits per heavy atom. The Balaban J connectivity index is 1.38. The molecule has 5 rings (SSSR count). The van der Waals surface area contributed by atoms with E-state index < -0.39 is 0 Å². The minimum absolute atomic E-state index is 0.0531. The average molecular weight is 431 g/mol. The van der Waals surface area contributed by atoms with Crippen molar-refractivity contribution < 1.29 is 9.59 Å². The fourth-order valence-corrected chi connectivity index (χ4v) is 6.64. The van der Waals surface area contributed by atoms with Gasteiger partial charge in [0.2, 0.25) is 11.8 Å². The number of nitrogens with zero attached hydrogens (tertiary/aromatic N) is 1. The molecular weight excluding hydrogens is 396 g/mol. The van der Waals surface area contributed by atoms with Crippen molar-refractivity contribution in [1.82, 2.24) is 10.2 Å². The smallest absolute Gasteiger partial charge is 0.233 e. The van der Waals surface area contributed by atoms with Crippen molar-refractivity contribution >= 4 is 11.8 Å². The summed E-state index contributed by atoms with van der Waals surface area (Å²) in [4.78, 5) is 28.5. The monoisotopic (exact) mass is 430 g/mol. The van der Waals surface area contributed by atoms with E-state index in [0.717, 1.165) is 51.6 Å². The van der Waals surface area contributed by atoms with E-state index in [0.29, 0.717) is 24.8 Å². The van der Waals surface area contributed by atoms with Crippen LogP contribution in [-0.2, 0) is 15.0 Å². The Kier molecular flexibility index (Phi) is 5.56. The molecule has 0 aromatic heterocycles. The minimum atomic E-state index is -0.356. The van der Waals surface area contributed by atoms with Crippen LogP contribution >= 0.6 is 0 Å². The van der Waals surface area contributed by atoms with Gasteiger partial charge in [-0.15, -0.1) is 0 Å². The zero-order valence-electron chi connectivity index (χ0n) is 19.1. The van der Waals surface area contributed by atoms with E-state index in [-0.39, 0.29) is 16.7 Å². The van der Waals surface area contributed by atoms with Gasteiger partial charge in [-0.3, -0.25) is 9.59 Å². The topological polar surface area (TPSA) is 49.4 Å². The Labute approximate surface area is 191 Å². The molecule has 0 unspecified atom stereocenters. The third-order valence-electron chi connectivity index (χ3n) is 8.44. The van der Waals surface area contributed by atoms with Gasteiger partial charge in [0, 0.05) is 32.0 Å². The van der Waals surface area contributed by atoms with E-state index in [1.54, 1.807) is 0 Å². The molecule has 0 radical (unpaired) electrons. The Morgan fingerprint density at radius 1 is 0.969 bits per heavy atom. The van der Waals surface area contributed by atoms with Gasteiger partial charge >= 0.3 is 0 Å². The van der Waals surface area contributed by atoms with E-state index in [1.165, 1.54) is 16.7 Å². The second-order valence-electron chi connectivity index (χ2n) is 10.3. The molecule has 1 atom stereocenters. The number of likely N-dealkylation sites (tertiary alicyclic amines) is 1. The number of piperidine rings is 2. The standard InChI is InChI=1S/C28H34N2O2/c1-21-8-7-9-22(18-21)24-20-29-25(31)19-27(24)14-16-30(17-15-27)26(32)28(12-5-6-13-28)23-10-3-2-4-11-23/h2-4,7-11,18,24H,5-6,12-17,19-20H2,1H3,(H,29,31)/t24-/m0/s1. The molecule has 1 saturated carbocycles. The molecule has 2 aromatic rings. The molecule has 1 N–H and O–H groups in total. The summed E-state index contributed by atoms with van der Waals surface area (Å²) in [6.07, 6.45) is 6.50.